The predicted octanol–water partition coefficient (Wildman–Crippen LogP) is 3.86. The second-order valence-electron chi connectivity index (χ2n) is 4.31. The van der Waals surface area contributed by atoms with Crippen molar-refractivity contribution in [2.45, 2.75) is 40.0 Å². The second-order valence-corrected chi connectivity index (χ2v) is 4.31. The maximum atomic E-state index is 4.48. The zero-order chi connectivity index (χ0) is 12.3. The van der Waals surface area contributed by atoms with Crippen LogP contribution in [0.1, 0.15) is 44.4 Å². The molecular weight excluding hydrogens is 210 g/mol. The molecule has 0 spiro atoms. The monoisotopic (exact) mass is 229 g/mol. The fraction of sp³-hybridized carbons (Fsp3) is 0.429. The Morgan fingerprint density at radius 1 is 1.35 bits per heavy atom. The molecule has 1 N–H and O–H groups in total. The summed E-state index contributed by atoms with van der Waals surface area (Å²) in [5.41, 5.74) is 4.59. The Balaban J connectivity index is 2.60. The Labute approximate surface area is 102 Å². The highest BCUT2D eigenvalue weighted by atomic mass is 14.9. The lowest BCUT2D eigenvalue weighted by Gasteiger charge is -2.07. The summed E-state index contributed by atoms with van der Waals surface area (Å²) in [7, 11) is 0. The SMILES string of the molecule is CC/C=C(\CCC)c1ncnc2[nH]cc(C)c12. The molecule has 2 heterocycles. The molecule has 0 aliphatic carbocycles. The van der Waals surface area contributed by atoms with Crippen molar-refractivity contribution in [1.29, 1.82) is 0 Å². The van der Waals surface area contributed by atoms with E-state index in [-0.39, 0.29) is 0 Å². The van der Waals surface area contributed by atoms with Gasteiger partial charge >= 0.3 is 0 Å². The van der Waals surface area contributed by atoms with Crippen molar-refractivity contribution in [3.63, 3.8) is 0 Å². The van der Waals surface area contributed by atoms with Gasteiger partial charge in [0.05, 0.1) is 5.69 Å². The van der Waals surface area contributed by atoms with Crippen LogP contribution >= 0.6 is 0 Å². The van der Waals surface area contributed by atoms with Crippen LogP contribution in [0.25, 0.3) is 16.6 Å². The molecule has 2 aromatic rings. The third-order valence-corrected chi connectivity index (χ3v) is 2.94. The number of fused-ring (bicyclic) bond motifs is 1. The number of H-pyrrole nitrogens is 1. The predicted molar refractivity (Wildman–Crippen MR) is 71.8 cm³/mol. The lowest BCUT2D eigenvalue weighted by molar-refractivity contribution is 0.959. The first kappa shape index (κ1) is 11.8. The summed E-state index contributed by atoms with van der Waals surface area (Å²) >= 11 is 0. The van der Waals surface area contributed by atoms with E-state index in [4.69, 9.17) is 0 Å². The number of aromatic nitrogens is 3. The quantitative estimate of drug-likeness (QED) is 0.865. The van der Waals surface area contributed by atoms with Gasteiger partial charge in [0.1, 0.15) is 12.0 Å². The number of aryl methyl sites for hydroxylation is 1. The van der Waals surface area contributed by atoms with Gasteiger partial charge in [-0.15, -0.1) is 0 Å². The van der Waals surface area contributed by atoms with E-state index in [0.29, 0.717) is 0 Å². The summed E-state index contributed by atoms with van der Waals surface area (Å²) in [6, 6.07) is 0. The summed E-state index contributed by atoms with van der Waals surface area (Å²) in [5, 5.41) is 1.17. The molecule has 0 aliphatic rings. The van der Waals surface area contributed by atoms with Crippen LogP contribution in [0.15, 0.2) is 18.6 Å². The van der Waals surface area contributed by atoms with E-state index < -0.39 is 0 Å². The van der Waals surface area contributed by atoms with Gasteiger partial charge in [0.25, 0.3) is 0 Å². The molecule has 0 saturated carbocycles. The van der Waals surface area contributed by atoms with Crippen molar-refractivity contribution in [3.05, 3.63) is 29.9 Å². The van der Waals surface area contributed by atoms with E-state index in [9.17, 15) is 0 Å². The molecule has 0 atom stereocenters. The summed E-state index contributed by atoms with van der Waals surface area (Å²) < 4.78 is 0. The van der Waals surface area contributed by atoms with Gasteiger partial charge < -0.3 is 4.98 Å². The smallest absolute Gasteiger partial charge is 0.141 e. The number of hydrogen-bond donors (Lipinski definition) is 1. The molecule has 2 rings (SSSR count). The second kappa shape index (κ2) is 5.13. The van der Waals surface area contributed by atoms with E-state index in [1.54, 1.807) is 6.33 Å². The molecular formula is C14H19N3. The van der Waals surface area contributed by atoms with Gasteiger partial charge in [-0.3, -0.25) is 0 Å². The Morgan fingerprint density at radius 2 is 2.18 bits per heavy atom. The molecule has 0 fully saturated rings. The van der Waals surface area contributed by atoms with Crippen molar-refractivity contribution in [1.82, 2.24) is 15.0 Å². The van der Waals surface area contributed by atoms with Gasteiger partial charge in [0.2, 0.25) is 0 Å². The molecule has 0 amide bonds. The topological polar surface area (TPSA) is 41.6 Å². The number of rotatable bonds is 4. The first-order valence-electron chi connectivity index (χ1n) is 6.26. The summed E-state index contributed by atoms with van der Waals surface area (Å²) in [6.07, 6.45) is 9.18. The minimum atomic E-state index is 0.936. The van der Waals surface area contributed by atoms with E-state index in [0.717, 1.165) is 30.6 Å². The summed E-state index contributed by atoms with van der Waals surface area (Å²) in [5.74, 6) is 0. The van der Waals surface area contributed by atoms with Crippen molar-refractivity contribution >= 4 is 16.6 Å². The van der Waals surface area contributed by atoms with Crippen LogP contribution in [-0.2, 0) is 0 Å². The molecule has 3 nitrogen and oxygen atoms in total. The highest BCUT2D eigenvalue weighted by Crippen LogP contribution is 2.27. The Bertz CT molecular complexity index is 537. The zero-order valence-corrected chi connectivity index (χ0v) is 10.7. The van der Waals surface area contributed by atoms with Crippen LogP contribution in [-0.4, -0.2) is 15.0 Å². The third kappa shape index (κ3) is 2.23. The van der Waals surface area contributed by atoms with Gasteiger partial charge in [-0.25, -0.2) is 9.97 Å². The van der Waals surface area contributed by atoms with Crippen molar-refractivity contribution in [2.24, 2.45) is 0 Å². The van der Waals surface area contributed by atoms with Crippen LogP contribution in [0.2, 0.25) is 0 Å². The average Bonchev–Trinajstić information content (AvgIpc) is 2.71. The van der Waals surface area contributed by atoms with Crippen molar-refractivity contribution < 1.29 is 0 Å². The Hall–Kier alpha value is -1.64. The highest BCUT2D eigenvalue weighted by molar-refractivity contribution is 5.90. The fourth-order valence-electron chi connectivity index (χ4n) is 2.19. The molecule has 0 radical (unpaired) electrons. The van der Waals surface area contributed by atoms with Crippen LogP contribution in [0.3, 0.4) is 0 Å². The van der Waals surface area contributed by atoms with E-state index in [1.165, 1.54) is 16.5 Å². The van der Waals surface area contributed by atoms with Crippen LogP contribution < -0.4 is 0 Å². The molecule has 0 aromatic carbocycles. The Morgan fingerprint density at radius 3 is 2.88 bits per heavy atom. The van der Waals surface area contributed by atoms with Gasteiger partial charge in [-0.2, -0.15) is 0 Å². The van der Waals surface area contributed by atoms with Crippen molar-refractivity contribution in [3.8, 4) is 0 Å². The molecule has 0 bridgehead atoms. The van der Waals surface area contributed by atoms with E-state index >= 15 is 0 Å². The molecule has 3 heteroatoms. The number of hydrogen-bond acceptors (Lipinski definition) is 2. The van der Waals surface area contributed by atoms with Crippen LogP contribution in [0.4, 0.5) is 0 Å². The molecule has 0 unspecified atom stereocenters. The van der Waals surface area contributed by atoms with Gasteiger partial charge in [0.15, 0.2) is 0 Å². The van der Waals surface area contributed by atoms with Gasteiger partial charge in [-0.1, -0.05) is 26.3 Å². The number of aromatic amines is 1. The minimum Gasteiger partial charge on any atom is -0.346 e. The molecule has 90 valence electrons. The molecule has 17 heavy (non-hydrogen) atoms. The van der Waals surface area contributed by atoms with Gasteiger partial charge in [-0.05, 0) is 30.9 Å². The first-order chi connectivity index (χ1) is 8.27. The Kier molecular flexibility index (Phi) is 3.57. The highest BCUT2D eigenvalue weighted by Gasteiger charge is 2.11. The summed E-state index contributed by atoms with van der Waals surface area (Å²) in [4.78, 5) is 11.9. The average molecular weight is 229 g/mol. The molecule has 2 aromatic heterocycles. The maximum Gasteiger partial charge on any atom is 0.141 e. The number of nitrogens with zero attached hydrogens (tertiary/aromatic N) is 2. The lowest BCUT2D eigenvalue weighted by Crippen LogP contribution is -1.93. The van der Waals surface area contributed by atoms with Crippen LogP contribution in [0, 0.1) is 6.92 Å². The third-order valence-electron chi connectivity index (χ3n) is 2.94. The standard InChI is InChI=1S/C14H19N3/c1-4-6-11(7-5-2)13-12-10(3)8-15-14(12)17-9-16-13/h6,8-9H,4-5,7H2,1-3H3,(H,15,16,17)/b11-6+. The van der Waals surface area contributed by atoms with Gasteiger partial charge in [0, 0.05) is 11.6 Å². The first-order valence-corrected chi connectivity index (χ1v) is 6.26. The minimum absolute atomic E-state index is 0.936. The van der Waals surface area contributed by atoms with Crippen molar-refractivity contribution in [2.75, 3.05) is 0 Å². The normalized spacial score (nSPS) is 12.3. The van der Waals surface area contributed by atoms with E-state index in [2.05, 4.69) is 41.8 Å². The maximum absolute atomic E-state index is 4.48. The van der Waals surface area contributed by atoms with Crippen LogP contribution in [0.5, 0.6) is 0 Å². The largest absolute Gasteiger partial charge is 0.346 e. The number of allylic oxidation sites excluding steroid dienone is 2. The lowest BCUT2D eigenvalue weighted by atomic mass is 10.0. The zero-order valence-electron chi connectivity index (χ0n) is 10.7. The summed E-state index contributed by atoms with van der Waals surface area (Å²) in [6.45, 7) is 6.46. The fourth-order valence-corrected chi connectivity index (χ4v) is 2.19. The molecule has 0 aliphatic heterocycles. The molecule has 0 saturated heterocycles. The number of nitrogens with one attached hydrogen (secondary N) is 1. The van der Waals surface area contributed by atoms with E-state index in [1.807, 2.05) is 6.20 Å².